The molecule has 0 radical (unpaired) electrons. The summed E-state index contributed by atoms with van der Waals surface area (Å²) in [7, 11) is 0. The first-order valence-electron chi connectivity index (χ1n) is 6.18. The summed E-state index contributed by atoms with van der Waals surface area (Å²) >= 11 is 1.47. The molecule has 20 heavy (non-hydrogen) atoms. The van der Waals surface area contributed by atoms with Crippen molar-refractivity contribution in [2.75, 3.05) is 0 Å². The van der Waals surface area contributed by atoms with Gasteiger partial charge in [0.05, 0.1) is 11.2 Å². The molecule has 0 spiro atoms. The molecule has 0 unspecified atom stereocenters. The largest absolute Gasteiger partial charge is 0.488 e. The minimum Gasteiger partial charge on any atom is -0.488 e. The Balaban J connectivity index is 1.86. The Morgan fingerprint density at radius 3 is 2.70 bits per heavy atom. The first-order valence-corrected chi connectivity index (χ1v) is 7.12. The summed E-state index contributed by atoms with van der Waals surface area (Å²) in [5, 5.41) is 1.88. The fraction of sp³-hybridized carbons (Fsp3) is 0.0625. The van der Waals surface area contributed by atoms with Crippen molar-refractivity contribution in [2.45, 2.75) is 6.61 Å². The van der Waals surface area contributed by atoms with Gasteiger partial charge in [-0.1, -0.05) is 30.3 Å². The third kappa shape index (κ3) is 2.86. The number of ether oxygens (including phenoxy) is 1. The molecule has 0 N–H and O–H groups in total. The van der Waals surface area contributed by atoms with E-state index in [1.54, 1.807) is 11.6 Å². The average molecular weight is 285 g/mol. The Bertz CT molecular complexity index is 683. The quantitative estimate of drug-likeness (QED) is 0.702. The maximum absolute atomic E-state index is 13.4. The molecular formula is C16H12FNOS. The Morgan fingerprint density at radius 2 is 1.95 bits per heavy atom. The second-order valence-electron chi connectivity index (χ2n) is 4.29. The molecule has 0 aliphatic carbocycles. The van der Waals surface area contributed by atoms with Gasteiger partial charge in [-0.2, -0.15) is 0 Å². The van der Waals surface area contributed by atoms with Gasteiger partial charge in [0.25, 0.3) is 0 Å². The number of halogens is 1. The highest BCUT2D eigenvalue weighted by Gasteiger charge is 2.10. The van der Waals surface area contributed by atoms with E-state index in [4.69, 9.17) is 4.74 Å². The van der Waals surface area contributed by atoms with Gasteiger partial charge >= 0.3 is 0 Å². The average Bonchev–Trinajstić information content (AvgIpc) is 3.01. The van der Waals surface area contributed by atoms with Crippen molar-refractivity contribution in [3.63, 3.8) is 0 Å². The lowest BCUT2D eigenvalue weighted by Crippen LogP contribution is -1.97. The van der Waals surface area contributed by atoms with Crippen molar-refractivity contribution in [2.24, 2.45) is 0 Å². The van der Waals surface area contributed by atoms with Crippen molar-refractivity contribution in [3.8, 4) is 17.0 Å². The summed E-state index contributed by atoms with van der Waals surface area (Å²) in [6.45, 7) is 0.448. The summed E-state index contributed by atoms with van der Waals surface area (Å²) < 4.78 is 19.2. The minimum atomic E-state index is -0.292. The van der Waals surface area contributed by atoms with Crippen LogP contribution in [-0.2, 0) is 6.61 Å². The molecule has 0 aliphatic heterocycles. The number of thiazole rings is 1. The second-order valence-corrected chi connectivity index (χ2v) is 5.01. The van der Waals surface area contributed by atoms with Crippen LogP contribution < -0.4 is 4.74 Å². The molecule has 2 nitrogen and oxygen atoms in total. The van der Waals surface area contributed by atoms with Crippen LogP contribution in [0.2, 0.25) is 0 Å². The highest BCUT2D eigenvalue weighted by atomic mass is 32.1. The van der Waals surface area contributed by atoms with Gasteiger partial charge in [-0.25, -0.2) is 9.37 Å². The highest BCUT2D eigenvalue weighted by molar-refractivity contribution is 7.07. The predicted octanol–water partition coefficient (Wildman–Crippen LogP) is 4.53. The van der Waals surface area contributed by atoms with E-state index in [1.807, 2.05) is 35.7 Å². The zero-order chi connectivity index (χ0) is 13.8. The van der Waals surface area contributed by atoms with Gasteiger partial charge in [0.2, 0.25) is 0 Å². The number of hydrogen-bond acceptors (Lipinski definition) is 3. The first-order chi connectivity index (χ1) is 9.83. The standard InChI is InChI=1S/C16H12FNOS/c17-13-6-7-16(14(8-13)15-10-20-11-18-15)19-9-12-4-2-1-3-5-12/h1-8,10-11H,9H2. The minimum absolute atomic E-state index is 0.292. The number of aromatic nitrogens is 1. The normalized spacial score (nSPS) is 10.4. The lowest BCUT2D eigenvalue weighted by molar-refractivity contribution is 0.307. The number of hydrogen-bond donors (Lipinski definition) is 0. The second kappa shape index (κ2) is 5.84. The van der Waals surface area contributed by atoms with E-state index in [0.717, 1.165) is 11.3 Å². The lowest BCUT2D eigenvalue weighted by atomic mass is 10.1. The van der Waals surface area contributed by atoms with Crippen LogP contribution in [0.3, 0.4) is 0 Å². The van der Waals surface area contributed by atoms with Crippen LogP contribution in [0, 0.1) is 5.82 Å². The molecule has 3 aromatic rings. The van der Waals surface area contributed by atoms with E-state index in [1.165, 1.54) is 23.5 Å². The van der Waals surface area contributed by atoms with Gasteiger partial charge < -0.3 is 4.74 Å². The van der Waals surface area contributed by atoms with Crippen molar-refractivity contribution in [1.29, 1.82) is 0 Å². The van der Waals surface area contributed by atoms with Gasteiger partial charge in [0.15, 0.2) is 0 Å². The molecule has 0 aliphatic rings. The Kier molecular flexibility index (Phi) is 3.74. The van der Waals surface area contributed by atoms with Crippen LogP contribution in [0.15, 0.2) is 59.4 Å². The van der Waals surface area contributed by atoms with Crippen molar-refractivity contribution < 1.29 is 9.13 Å². The van der Waals surface area contributed by atoms with Crippen LogP contribution in [-0.4, -0.2) is 4.98 Å². The summed E-state index contributed by atoms with van der Waals surface area (Å²) in [4.78, 5) is 4.22. The molecule has 0 saturated heterocycles. The molecule has 0 saturated carbocycles. The smallest absolute Gasteiger partial charge is 0.129 e. The van der Waals surface area contributed by atoms with Gasteiger partial charge in [-0.15, -0.1) is 11.3 Å². The predicted molar refractivity (Wildman–Crippen MR) is 78.3 cm³/mol. The number of benzene rings is 2. The van der Waals surface area contributed by atoms with Crippen LogP contribution in [0.5, 0.6) is 5.75 Å². The van der Waals surface area contributed by atoms with E-state index in [0.29, 0.717) is 17.9 Å². The maximum atomic E-state index is 13.4. The molecule has 0 atom stereocenters. The van der Waals surface area contributed by atoms with Crippen LogP contribution >= 0.6 is 11.3 Å². The van der Waals surface area contributed by atoms with E-state index in [9.17, 15) is 4.39 Å². The summed E-state index contributed by atoms with van der Waals surface area (Å²) in [6, 6.07) is 14.4. The van der Waals surface area contributed by atoms with Crippen molar-refractivity contribution >= 4 is 11.3 Å². The molecule has 1 aromatic heterocycles. The molecule has 1 heterocycles. The molecule has 3 rings (SSSR count). The fourth-order valence-corrected chi connectivity index (χ4v) is 2.46. The fourth-order valence-electron chi connectivity index (χ4n) is 1.91. The van der Waals surface area contributed by atoms with Gasteiger partial charge in [-0.05, 0) is 23.8 Å². The molecule has 2 aromatic carbocycles. The Morgan fingerprint density at radius 1 is 1.10 bits per heavy atom. The van der Waals surface area contributed by atoms with Crippen LogP contribution in [0.4, 0.5) is 4.39 Å². The third-order valence-electron chi connectivity index (χ3n) is 2.89. The first kappa shape index (κ1) is 12.8. The molecular weight excluding hydrogens is 273 g/mol. The van der Waals surface area contributed by atoms with Gasteiger partial charge in [0.1, 0.15) is 18.2 Å². The summed E-state index contributed by atoms with van der Waals surface area (Å²) in [5.74, 6) is 0.348. The zero-order valence-electron chi connectivity index (χ0n) is 10.6. The maximum Gasteiger partial charge on any atom is 0.129 e. The van der Waals surface area contributed by atoms with Crippen molar-refractivity contribution in [1.82, 2.24) is 4.98 Å². The van der Waals surface area contributed by atoms with E-state index in [2.05, 4.69) is 4.98 Å². The highest BCUT2D eigenvalue weighted by Crippen LogP contribution is 2.31. The number of nitrogens with zero attached hydrogens (tertiary/aromatic N) is 1. The Labute approximate surface area is 120 Å². The van der Waals surface area contributed by atoms with E-state index >= 15 is 0 Å². The third-order valence-corrected chi connectivity index (χ3v) is 3.47. The molecule has 0 bridgehead atoms. The monoisotopic (exact) mass is 285 g/mol. The van der Waals surface area contributed by atoms with E-state index < -0.39 is 0 Å². The molecule has 0 fully saturated rings. The SMILES string of the molecule is Fc1ccc(OCc2ccccc2)c(-c2cscn2)c1. The van der Waals surface area contributed by atoms with Gasteiger partial charge in [-0.3, -0.25) is 0 Å². The lowest BCUT2D eigenvalue weighted by Gasteiger charge is -2.10. The topological polar surface area (TPSA) is 22.1 Å². The van der Waals surface area contributed by atoms with Gasteiger partial charge in [0, 0.05) is 10.9 Å². The summed E-state index contributed by atoms with van der Waals surface area (Å²) in [6.07, 6.45) is 0. The zero-order valence-corrected chi connectivity index (χ0v) is 11.4. The summed E-state index contributed by atoms with van der Waals surface area (Å²) in [5.41, 5.74) is 4.21. The number of rotatable bonds is 4. The van der Waals surface area contributed by atoms with Crippen LogP contribution in [0.1, 0.15) is 5.56 Å². The molecule has 4 heteroatoms. The molecule has 100 valence electrons. The molecule has 0 amide bonds. The van der Waals surface area contributed by atoms with E-state index in [-0.39, 0.29) is 5.82 Å². The Hall–Kier alpha value is -2.20. The van der Waals surface area contributed by atoms with Crippen LogP contribution in [0.25, 0.3) is 11.3 Å². The van der Waals surface area contributed by atoms with Crippen molar-refractivity contribution in [3.05, 3.63) is 70.8 Å².